The maximum absolute atomic E-state index is 4.26. The number of rotatable bonds is 2. The fourth-order valence-electron chi connectivity index (χ4n) is 2.40. The van der Waals surface area contributed by atoms with Gasteiger partial charge in [-0.3, -0.25) is 4.98 Å². The second kappa shape index (κ2) is 5.50. The Morgan fingerprint density at radius 1 is 1.47 bits per heavy atom. The fraction of sp³-hybridized carbons (Fsp3) is 0.643. The van der Waals surface area contributed by atoms with Gasteiger partial charge in [0.1, 0.15) is 0 Å². The third-order valence-electron chi connectivity index (χ3n) is 3.59. The standard InChI is InChI=1S/C14H23N3/c1-11(2)13-10-17(8-4-6-16-13)14-9-15-7-5-12(14)3/h5,7,9,11,13,16H,4,6,8,10H2,1-3H3. The van der Waals surface area contributed by atoms with E-state index in [0.29, 0.717) is 12.0 Å². The Morgan fingerprint density at radius 2 is 2.29 bits per heavy atom. The Morgan fingerprint density at radius 3 is 3.00 bits per heavy atom. The summed E-state index contributed by atoms with van der Waals surface area (Å²) in [4.78, 5) is 6.74. The highest BCUT2D eigenvalue weighted by atomic mass is 15.2. The van der Waals surface area contributed by atoms with Crippen LogP contribution in [0.4, 0.5) is 5.69 Å². The molecule has 0 spiro atoms. The summed E-state index contributed by atoms with van der Waals surface area (Å²) in [5, 5.41) is 3.64. The van der Waals surface area contributed by atoms with Gasteiger partial charge in [-0.1, -0.05) is 13.8 Å². The van der Waals surface area contributed by atoms with Gasteiger partial charge in [-0.25, -0.2) is 0 Å². The van der Waals surface area contributed by atoms with Crippen molar-refractivity contribution in [2.24, 2.45) is 5.92 Å². The van der Waals surface area contributed by atoms with Gasteiger partial charge < -0.3 is 10.2 Å². The molecule has 1 aromatic heterocycles. The zero-order chi connectivity index (χ0) is 12.3. The minimum Gasteiger partial charge on any atom is -0.368 e. The van der Waals surface area contributed by atoms with Gasteiger partial charge in [0.05, 0.1) is 11.9 Å². The van der Waals surface area contributed by atoms with E-state index in [4.69, 9.17) is 0 Å². The lowest BCUT2D eigenvalue weighted by atomic mass is 10.0. The molecule has 1 aromatic rings. The quantitative estimate of drug-likeness (QED) is 0.849. The summed E-state index contributed by atoms with van der Waals surface area (Å²) in [7, 11) is 0. The molecular formula is C14H23N3. The van der Waals surface area contributed by atoms with Gasteiger partial charge in [-0.15, -0.1) is 0 Å². The van der Waals surface area contributed by atoms with Crippen molar-refractivity contribution in [3.63, 3.8) is 0 Å². The van der Waals surface area contributed by atoms with Crippen LogP contribution in [0.2, 0.25) is 0 Å². The molecule has 2 heterocycles. The fourth-order valence-corrected chi connectivity index (χ4v) is 2.40. The van der Waals surface area contributed by atoms with Crippen LogP contribution in [0.3, 0.4) is 0 Å². The van der Waals surface area contributed by atoms with Crippen LogP contribution in [0, 0.1) is 12.8 Å². The number of aromatic nitrogens is 1. The monoisotopic (exact) mass is 233 g/mol. The number of nitrogens with one attached hydrogen (secondary N) is 1. The second-order valence-corrected chi connectivity index (χ2v) is 5.27. The average molecular weight is 233 g/mol. The Hall–Kier alpha value is -1.09. The summed E-state index contributed by atoms with van der Waals surface area (Å²) < 4.78 is 0. The molecule has 1 unspecified atom stereocenters. The van der Waals surface area contributed by atoms with Crippen molar-refractivity contribution in [2.45, 2.75) is 33.2 Å². The van der Waals surface area contributed by atoms with E-state index in [1.165, 1.54) is 17.7 Å². The number of nitrogens with zero attached hydrogens (tertiary/aromatic N) is 2. The van der Waals surface area contributed by atoms with Crippen molar-refractivity contribution in [1.82, 2.24) is 10.3 Å². The van der Waals surface area contributed by atoms with Gasteiger partial charge in [0, 0.05) is 25.3 Å². The first-order valence-electron chi connectivity index (χ1n) is 6.57. The van der Waals surface area contributed by atoms with Gasteiger partial charge in [-0.05, 0) is 37.4 Å². The SMILES string of the molecule is Cc1ccncc1N1CCCNC(C(C)C)C1. The van der Waals surface area contributed by atoms with Gasteiger partial charge >= 0.3 is 0 Å². The van der Waals surface area contributed by atoms with Crippen LogP contribution in [-0.2, 0) is 0 Å². The molecule has 1 saturated heterocycles. The molecule has 2 rings (SSSR count). The van der Waals surface area contributed by atoms with E-state index in [2.05, 4.69) is 42.0 Å². The summed E-state index contributed by atoms with van der Waals surface area (Å²) in [6, 6.07) is 2.68. The smallest absolute Gasteiger partial charge is 0.0582 e. The molecule has 0 aliphatic carbocycles. The number of aryl methyl sites for hydroxylation is 1. The van der Waals surface area contributed by atoms with E-state index in [-0.39, 0.29) is 0 Å². The molecule has 17 heavy (non-hydrogen) atoms. The molecule has 1 atom stereocenters. The lowest BCUT2D eigenvalue weighted by Gasteiger charge is -2.29. The predicted molar refractivity (Wildman–Crippen MR) is 72.4 cm³/mol. The Kier molecular flexibility index (Phi) is 4.00. The van der Waals surface area contributed by atoms with Crippen LogP contribution in [0.5, 0.6) is 0 Å². The van der Waals surface area contributed by atoms with Crippen molar-refractivity contribution in [1.29, 1.82) is 0 Å². The van der Waals surface area contributed by atoms with Crippen LogP contribution in [0.1, 0.15) is 25.8 Å². The van der Waals surface area contributed by atoms with Gasteiger partial charge in [0.15, 0.2) is 0 Å². The summed E-state index contributed by atoms with van der Waals surface area (Å²) >= 11 is 0. The highest BCUT2D eigenvalue weighted by Crippen LogP contribution is 2.21. The maximum Gasteiger partial charge on any atom is 0.0582 e. The first-order valence-corrected chi connectivity index (χ1v) is 6.57. The normalized spacial score (nSPS) is 21.6. The molecule has 0 amide bonds. The van der Waals surface area contributed by atoms with E-state index in [9.17, 15) is 0 Å². The molecule has 1 aliphatic rings. The van der Waals surface area contributed by atoms with Crippen LogP contribution in [-0.4, -0.2) is 30.7 Å². The first-order chi connectivity index (χ1) is 8.18. The first kappa shape index (κ1) is 12.4. The molecule has 1 aliphatic heterocycles. The van der Waals surface area contributed by atoms with E-state index < -0.39 is 0 Å². The highest BCUT2D eigenvalue weighted by molar-refractivity contribution is 5.51. The van der Waals surface area contributed by atoms with Crippen molar-refractivity contribution < 1.29 is 0 Å². The van der Waals surface area contributed by atoms with E-state index in [1.54, 1.807) is 0 Å². The number of hydrogen-bond donors (Lipinski definition) is 1. The lowest BCUT2D eigenvalue weighted by molar-refractivity contribution is 0.420. The molecule has 1 N–H and O–H groups in total. The third-order valence-corrected chi connectivity index (χ3v) is 3.59. The topological polar surface area (TPSA) is 28.2 Å². The van der Waals surface area contributed by atoms with Gasteiger partial charge in [-0.2, -0.15) is 0 Å². The lowest BCUT2D eigenvalue weighted by Crippen LogP contribution is -2.41. The molecule has 3 heteroatoms. The molecule has 94 valence electrons. The van der Waals surface area contributed by atoms with Crippen molar-refractivity contribution in [2.75, 3.05) is 24.5 Å². The van der Waals surface area contributed by atoms with Crippen molar-refractivity contribution in [3.05, 3.63) is 24.0 Å². The zero-order valence-corrected chi connectivity index (χ0v) is 11.1. The molecule has 3 nitrogen and oxygen atoms in total. The molecule has 0 saturated carbocycles. The van der Waals surface area contributed by atoms with Gasteiger partial charge in [0.2, 0.25) is 0 Å². The zero-order valence-electron chi connectivity index (χ0n) is 11.1. The predicted octanol–water partition coefficient (Wildman–Crippen LogP) is 2.21. The summed E-state index contributed by atoms with van der Waals surface area (Å²) in [5.41, 5.74) is 2.62. The van der Waals surface area contributed by atoms with Crippen molar-refractivity contribution in [3.8, 4) is 0 Å². The summed E-state index contributed by atoms with van der Waals surface area (Å²) in [6.07, 6.45) is 5.07. The number of hydrogen-bond acceptors (Lipinski definition) is 3. The highest BCUT2D eigenvalue weighted by Gasteiger charge is 2.21. The van der Waals surface area contributed by atoms with E-state index in [0.717, 1.165) is 19.6 Å². The van der Waals surface area contributed by atoms with Crippen molar-refractivity contribution >= 4 is 5.69 Å². The Balaban J connectivity index is 2.17. The third kappa shape index (κ3) is 2.97. The summed E-state index contributed by atoms with van der Waals surface area (Å²) in [6.45, 7) is 10.1. The minimum absolute atomic E-state index is 0.581. The maximum atomic E-state index is 4.26. The Bertz CT molecular complexity index is 362. The van der Waals surface area contributed by atoms with Gasteiger partial charge in [0.25, 0.3) is 0 Å². The Labute approximate surface area is 104 Å². The summed E-state index contributed by atoms with van der Waals surface area (Å²) in [5.74, 6) is 0.674. The average Bonchev–Trinajstić information content (AvgIpc) is 2.55. The van der Waals surface area contributed by atoms with Crippen LogP contribution < -0.4 is 10.2 Å². The van der Waals surface area contributed by atoms with Crippen LogP contribution in [0.15, 0.2) is 18.5 Å². The molecule has 0 aromatic carbocycles. The van der Waals surface area contributed by atoms with Crippen LogP contribution >= 0.6 is 0 Å². The van der Waals surface area contributed by atoms with Crippen LogP contribution in [0.25, 0.3) is 0 Å². The number of anilines is 1. The number of pyridine rings is 1. The van der Waals surface area contributed by atoms with E-state index >= 15 is 0 Å². The largest absolute Gasteiger partial charge is 0.368 e. The molecule has 0 radical (unpaired) electrons. The second-order valence-electron chi connectivity index (χ2n) is 5.27. The van der Waals surface area contributed by atoms with E-state index in [1.807, 2.05) is 12.4 Å². The molecule has 1 fully saturated rings. The molecular weight excluding hydrogens is 210 g/mol. The minimum atomic E-state index is 0.581. The molecule has 0 bridgehead atoms.